The third-order valence-electron chi connectivity index (χ3n) is 17.9. The van der Waals surface area contributed by atoms with Crippen molar-refractivity contribution in [3.63, 3.8) is 0 Å². The molecule has 25 nitrogen and oxygen atoms in total. The first-order valence-electron chi connectivity index (χ1n) is 34.5. The Bertz CT molecular complexity index is 2590. The lowest BCUT2D eigenvalue weighted by Gasteiger charge is -2.41. The first-order chi connectivity index (χ1) is 44.1. The highest BCUT2D eigenvalue weighted by Crippen LogP contribution is 2.28. The predicted molar refractivity (Wildman–Crippen MR) is 372 cm³/mol. The van der Waals surface area contributed by atoms with Crippen molar-refractivity contribution >= 4 is 76.7 Å². The first kappa shape index (κ1) is 85.2. The van der Waals surface area contributed by atoms with E-state index in [1.165, 1.54) is 123 Å². The fraction of sp³-hybridized carbons (Fsp3) is 0.812. The van der Waals surface area contributed by atoms with E-state index in [9.17, 15) is 24.3 Å². The minimum Gasteiger partial charge on any atom is -0.390 e. The summed E-state index contributed by atoms with van der Waals surface area (Å²) < 4.78 is 5.56. The molecule has 11 amide bonds. The van der Waals surface area contributed by atoms with Gasteiger partial charge in [-0.1, -0.05) is 102 Å². The Morgan fingerprint density at radius 3 is 1.46 bits per heavy atom. The lowest BCUT2D eigenvalue weighted by atomic mass is 9.94. The van der Waals surface area contributed by atoms with Crippen LogP contribution in [0.2, 0.25) is 0 Å². The van der Waals surface area contributed by atoms with Gasteiger partial charge >= 0.3 is 0 Å². The number of morpholine rings is 1. The third-order valence-corrected chi connectivity index (χ3v) is 19.3. The smallest absolute Gasteiger partial charge is 0.256 e. The topological polar surface area (TPSA) is 291 Å². The molecule has 2 saturated heterocycles. The van der Waals surface area contributed by atoms with Gasteiger partial charge in [0.05, 0.1) is 18.8 Å². The van der Waals surface area contributed by atoms with Gasteiger partial charge in [-0.2, -0.15) is 0 Å². The molecule has 0 spiro atoms. The summed E-state index contributed by atoms with van der Waals surface area (Å²) in [7, 11) is 10.2. The quantitative estimate of drug-likeness (QED) is 0.0844. The molecule has 5 N–H and O–H groups in total. The third kappa shape index (κ3) is 25.5. The lowest BCUT2D eigenvalue weighted by molar-refractivity contribution is -0.156. The summed E-state index contributed by atoms with van der Waals surface area (Å²) in [4.78, 5) is 175. The summed E-state index contributed by atoms with van der Waals surface area (Å²) in [6.45, 7) is 32.9. The minimum absolute atomic E-state index is 0.0515. The maximum atomic E-state index is 15.4. The molecule has 2 aliphatic rings. The van der Waals surface area contributed by atoms with Crippen molar-refractivity contribution in [3.05, 3.63) is 12.2 Å². The van der Waals surface area contributed by atoms with E-state index in [2.05, 4.69) is 26.2 Å². The molecule has 0 bridgehead atoms. The van der Waals surface area contributed by atoms with Gasteiger partial charge < -0.3 is 65.4 Å². The predicted octanol–water partition coefficient (Wildman–Crippen LogP) is 4.19. The number of amides is 11. The van der Waals surface area contributed by atoms with E-state index in [1.807, 2.05) is 67.5 Å². The Kier molecular flexibility index (Phi) is 35.5. The molecule has 544 valence electrons. The van der Waals surface area contributed by atoms with Crippen LogP contribution in [0.3, 0.4) is 0 Å². The van der Waals surface area contributed by atoms with Crippen molar-refractivity contribution in [1.29, 1.82) is 0 Å². The van der Waals surface area contributed by atoms with Crippen LogP contribution >= 0.6 is 11.8 Å². The molecule has 12 atom stereocenters. The molecule has 26 heteroatoms. The summed E-state index contributed by atoms with van der Waals surface area (Å²) in [5.74, 6) is -8.70. The molecule has 2 aliphatic heterocycles. The monoisotopic (exact) mass is 1360 g/mol. The number of likely N-dealkylation sites (N-methyl/N-ethyl adjacent to an activating group) is 7. The van der Waals surface area contributed by atoms with Crippen molar-refractivity contribution in [2.75, 3.05) is 87.9 Å². The van der Waals surface area contributed by atoms with Crippen LogP contribution in [0, 0.1) is 35.5 Å². The van der Waals surface area contributed by atoms with Crippen LogP contribution in [0.25, 0.3) is 0 Å². The second kappa shape index (κ2) is 39.5. The van der Waals surface area contributed by atoms with Crippen molar-refractivity contribution in [2.45, 2.75) is 240 Å². The molecular weight excluding hydrogens is 1240 g/mol. The molecule has 0 aromatic carbocycles. The summed E-state index contributed by atoms with van der Waals surface area (Å²) in [5, 5.41) is 21.3. The van der Waals surface area contributed by atoms with Crippen molar-refractivity contribution in [3.8, 4) is 0 Å². The van der Waals surface area contributed by atoms with Crippen LogP contribution in [-0.2, 0) is 57.5 Å². The highest BCUT2D eigenvalue weighted by molar-refractivity contribution is 8.00. The Labute approximate surface area is 573 Å². The zero-order valence-corrected chi connectivity index (χ0v) is 63.0. The number of thioether (sulfide) groups is 1. The van der Waals surface area contributed by atoms with E-state index in [0.717, 1.165) is 13.1 Å². The number of allylic oxidation sites excluding steroid dienone is 2. The number of nitrogens with zero attached hydrogens (tertiary/aromatic N) is 8. The number of ether oxygens (including phenoxy) is 1. The van der Waals surface area contributed by atoms with E-state index in [1.54, 1.807) is 34.6 Å². The molecule has 95 heavy (non-hydrogen) atoms. The number of carbonyl (C=O) groups is 11. The highest BCUT2D eigenvalue weighted by Gasteiger charge is 2.45. The van der Waals surface area contributed by atoms with E-state index in [0.29, 0.717) is 38.4 Å². The van der Waals surface area contributed by atoms with Gasteiger partial charge in [0.1, 0.15) is 60.4 Å². The Balaban J connectivity index is 3.09. The minimum atomic E-state index is -1.57. The van der Waals surface area contributed by atoms with Crippen LogP contribution in [0.15, 0.2) is 12.2 Å². The molecule has 0 radical (unpaired) electrons. The number of aliphatic hydroxyl groups is 1. The molecule has 0 saturated carbocycles. The number of rotatable bonds is 20. The number of nitrogens with one attached hydrogen (secondary N) is 4. The van der Waals surface area contributed by atoms with Gasteiger partial charge in [0.2, 0.25) is 59.1 Å². The van der Waals surface area contributed by atoms with Gasteiger partial charge in [0.25, 0.3) is 5.91 Å². The molecular formula is C69H124N12O13S. The van der Waals surface area contributed by atoms with Crippen molar-refractivity contribution < 1.29 is 62.6 Å². The molecule has 2 rings (SSSR count). The van der Waals surface area contributed by atoms with E-state index in [4.69, 9.17) is 4.74 Å². The normalized spacial score (nSPS) is 27.1. The molecule has 0 unspecified atom stereocenters. The first-order valence-corrected chi connectivity index (χ1v) is 35.5. The van der Waals surface area contributed by atoms with E-state index >= 15 is 33.6 Å². The molecule has 2 fully saturated rings. The molecule has 2 heterocycles. The average molecular weight is 1360 g/mol. The van der Waals surface area contributed by atoms with Crippen LogP contribution in [0.4, 0.5) is 0 Å². The van der Waals surface area contributed by atoms with Crippen molar-refractivity contribution in [2.24, 2.45) is 35.5 Å². The molecule has 0 aromatic rings. The highest BCUT2D eigenvalue weighted by atomic mass is 32.2. The van der Waals surface area contributed by atoms with Gasteiger partial charge in [-0.15, -0.1) is 11.8 Å². The van der Waals surface area contributed by atoms with Crippen LogP contribution < -0.4 is 21.3 Å². The van der Waals surface area contributed by atoms with Crippen LogP contribution in [0.1, 0.15) is 169 Å². The van der Waals surface area contributed by atoms with Gasteiger partial charge in [-0.25, -0.2) is 0 Å². The maximum absolute atomic E-state index is 15.4. The Morgan fingerprint density at radius 2 is 0.968 bits per heavy atom. The van der Waals surface area contributed by atoms with E-state index < -0.39 is 148 Å². The Hall–Kier alpha value is -5.86. The number of carbonyl (C=O) groups excluding carboxylic acids is 11. The van der Waals surface area contributed by atoms with Crippen molar-refractivity contribution in [1.82, 2.24) is 60.5 Å². The van der Waals surface area contributed by atoms with E-state index in [-0.39, 0.29) is 62.2 Å². The largest absolute Gasteiger partial charge is 0.390 e. The summed E-state index contributed by atoms with van der Waals surface area (Å²) in [6.07, 6.45) is 5.50. The summed E-state index contributed by atoms with van der Waals surface area (Å²) in [5.41, 5.74) is -1.57. The van der Waals surface area contributed by atoms with Gasteiger partial charge in [-0.05, 0) is 120 Å². The zero-order chi connectivity index (χ0) is 72.8. The summed E-state index contributed by atoms with van der Waals surface area (Å²) in [6, 6.07) is -12.3. The van der Waals surface area contributed by atoms with Crippen LogP contribution in [0.5, 0.6) is 0 Å². The fourth-order valence-electron chi connectivity index (χ4n) is 12.1. The Morgan fingerprint density at radius 1 is 0.516 bits per heavy atom. The second-order valence-corrected chi connectivity index (χ2v) is 30.2. The van der Waals surface area contributed by atoms with Gasteiger partial charge in [0.15, 0.2) is 5.37 Å². The standard InChI is InChI=1S/C69H124N12O13S/c1-25-27-29-46(13)39-51-59(84)72-49(26-2)62(87)80(24)68(95-35-28-30-81-31-33-94-34-32-81)67(92)78(22)54(40-69(16,17)93)60(85)73-55(44(9)10)65(90)74(18)50(36-41(3)4)58(83)70-47(14)57(82)71-48(15)61(86)76(20)52(37-42(5)6)63(88)77(21)53(38-43(7)8)64(89)79(23)56(45(11)12)66(91)75(51)19/h27,29,41-56,68,93H,25-26,28,30-40H2,1-24H3,(H,70,83)(H,71,82)(H,72,84)(H,73,85)/b29-27+/t46-,47-,48+,49+,50-,51+,52+,53+,54+,55-,56+,68-/m1/s1. The van der Waals surface area contributed by atoms with Crippen LogP contribution in [-0.4, -0.2) is 269 Å². The number of hydrogen-bond donors (Lipinski definition) is 5. The molecule has 0 aromatic heterocycles. The second-order valence-electron chi connectivity index (χ2n) is 29.1. The van der Waals surface area contributed by atoms with Gasteiger partial charge in [-0.3, -0.25) is 57.6 Å². The lowest BCUT2D eigenvalue weighted by Crippen LogP contribution is -2.62. The van der Waals surface area contributed by atoms with Gasteiger partial charge in [0, 0.05) is 68.8 Å². The SMILES string of the molecule is CC/C=C/[C@@H](C)C[C@H]1C(=O)N[C@@H](CC)C(=O)N(C)[C@H](SCCCN2CCOCC2)C(=O)N(C)[C@@H](CC(C)(C)O)C(=O)N[C@H](C(C)C)C(=O)N(C)[C@H](CC(C)C)C(=O)N[C@H](C)C(=O)N[C@@H](C)C(=O)N(C)[C@@H](CC(C)C)C(=O)N(C)[C@@H](CC(C)C)C(=O)N(C)[C@@H](C(C)C)C(=O)N1C. The average Bonchev–Trinajstić information content (AvgIpc) is 1.37. The summed E-state index contributed by atoms with van der Waals surface area (Å²) >= 11 is 1.17. The number of hydrogen-bond acceptors (Lipinski definition) is 15. The maximum Gasteiger partial charge on any atom is 0.256 e. The zero-order valence-electron chi connectivity index (χ0n) is 62.2. The molecule has 0 aliphatic carbocycles. The fourth-order valence-corrected chi connectivity index (χ4v) is 13.2.